The molecule has 0 radical (unpaired) electrons. The Morgan fingerprint density at radius 2 is 1.64 bits per heavy atom. The van der Waals surface area contributed by atoms with Crippen molar-refractivity contribution in [2.75, 3.05) is 0 Å². The van der Waals surface area contributed by atoms with Gasteiger partial charge in [-0.05, 0) is 119 Å². The second-order valence-electron chi connectivity index (χ2n) is 16.6. The fraction of sp³-hybridized carbons (Fsp3) is 0.861. The number of allylic oxidation sites excluding steroid dienone is 1. The predicted octanol–water partition coefficient (Wildman–Crippen LogP) is 4.58. The normalized spacial score (nSPS) is 46.8. The molecule has 14 atom stereocenters. The molecule has 1 saturated heterocycles. The van der Waals surface area contributed by atoms with Gasteiger partial charge >= 0.3 is 5.97 Å². The highest BCUT2D eigenvalue weighted by molar-refractivity contribution is 5.66. The first kappa shape index (κ1) is 36.5. The Balaban J connectivity index is 1.80. The summed E-state index contributed by atoms with van der Waals surface area (Å²) in [4.78, 5) is 11.9. The van der Waals surface area contributed by atoms with Gasteiger partial charge in [0.15, 0.2) is 6.29 Å². The summed E-state index contributed by atoms with van der Waals surface area (Å²) in [7, 11) is 0. The van der Waals surface area contributed by atoms with Crippen molar-refractivity contribution in [1.29, 1.82) is 0 Å². The number of carboxylic acids is 1. The van der Waals surface area contributed by atoms with Crippen LogP contribution in [0.1, 0.15) is 107 Å². The number of ether oxygens (including phenoxy) is 2. The maximum Gasteiger partial charge on any atom is 0.303 e. The number of aliphatic hydroxyl groups excluding tert-OH is 3. The summed E-state index contributed by atoms with van der Waals surface area (Å²) >= 11 is 0. The zero-order chi connectivity index (χ0) is 33.9. The van der Waals surface area contributed by atoms with Crippen LogP contribution < -0.4 is 0 Å². The number of carboxylic acid groups (broad SMARTS) is 1. The van der Waals surface area contributed by atoms with Gasteiger partial charge in [-0.1, -0.05) is 45.1 Å². The Kier molecular flexibility index (Phi) is 10.2. The zero-order valence-corrected chi connectivity index (χ0v) is 28.7. The molecule has 45 heavy (non-hydrogen) atoms. The molecule has 3 saturated carbocycles. The number of hydrogen-bond acceptors (Lipinski definition) is 8. The van der Waals surface area contributed by atoms with E-state index in [9.17, 15) is 35.4 Å². The third-order valence-corrected chi connectivity index (χ3v) is 13.1. The van der Waals surface area contributed by atoms with Gasteiger partial charge in [-0.25, -0.2) is 0 Å². The molecule has 10 unspecified atom stereocenters. The SMILES string of the molecule is C=C(C)C1CCC2(C)C(CC(OC3O[C@H](C)[C@@H](O)[C@H](O)[C@H]3O)C3C(C(C)(O)C/C=C/C(C)(C)O)CCC32C)C1(C)CCC(=O)O. The number of aliphatic hydroxyl groups is 5. The predicted molar refractivity (Wildman–Crippen MR) is 171 cm³/mol. The molecular formula is C36H60O9. The van der Waals surface area contributed by atoms with E-state index in [1.54, 1.807) is 26.8 Å². The van der Waals surface area contributed by atoms with E-state index in [0.29, 0.717) is 19.3 Å². The van der Waals surface area contributed by atoms with Crippen molar-refractivity contribution in [2.45, 2.75) is 155 Å². The monoisotopic (exact) mass is 636 g/mol. The minimum absolute atomic E-state index is 0.0510. The van der Waals surface area contributed by atoms with Crippen molar-refractivity contribution < 1.29 is 44.9 Å². The van der Waals surface area contributed by atoms with Crippen molar-refractivity contribution in [2.24, 2.45) is 39.9 Å². The fourth-order valence-electron chi connectivity index (χ4n) is 10.5. The first-order valence-corrected chi connectivity index (χ1v) is 16.9. The first-order valence-electron chi connectivity index (χ1n) is 16.9. The van der Waals surface area contributed by atoms with Crippen LogP contribution in [0.2, 0.25) is 0 Å². The van der Waals surface area contributed by atoms with Gasteiger partial charge in [0.1, 0.15) is 18.3 Å². The third-order valence-electron chi connectivity index (χ3n) is 13.1. The minimum atomic E-state index is -1.46. The fourth-order valence-corrected chi connectivity index (χ4v) is 10.5. The quantitative estimate of drug-likeness (QED) is 0.149. The molecule has 0 spiro atoms. The molecule has 4 aliphatic rings. The standard InChI is InChI=1S/C36H60O9/c1-20(2)22-11-17-34(7)25(33(22,6)16-13-26(37)38)19-24(45-31-30(41)29(40)28(39)21(3)44-31)27-23(12-18-35(27,34)8)36(9,43)15-10-14-32(4,5)42/h10,14,21-25,27-31,39-43H,1,11-13,15-19H2,2-9H3,(H,37,38)/b14-10+/t21-,22?,23?,24?,25?,27?,28-,29+,30-,31?,33?,34?,35?,36?/m1/s1. The second-order valence-corrected chi connectivity index (χ2v) is 16.6. The molecule has 0 aromatic carbocycles. The van der Waals surface area contributed by atoms with Gasteiger partial charge in [0, 0.05) is 6.42 Å². The van der Waals surface area contributed by atoms with Crippen LogP contribution >= 0.6 is 0 Å². The average molecular weight is 637 g/mol. The molecule has 0 aromatic rings. The van der Waals surface area contributed by atoms with Crippen LogP contribution in [0.4, 0.5) is 0 Å². The number of rotatable bonds is 10. The highest BCUT2D eigenvalue weighted by Gasteiger charge is 2.70. The molecule has 0 aromatic heterocycles. The summed E-state index contributed by atoms with van der Waals surface area (Å²) in [6.45, 7) is 20.1. The maximum atomic E-state index is 12.1. The van der Waals surface area contributed by atoms with Crippen LogP contribution in [0.25, 0.3) is 0 Å². The number of hydrogen-bond donors (Lipinski definition) is 6. The van der Waals surface area contributed by atoms with Gasteiger partial charge < -0.3 is 40.1 Å². The van der Waals surface area contributed by atoms with Gasteiger partial charge in [-0.15, -0.1) is 0 Å². The Bertz CT molecular complexity index is 1130. The smallest absolute Gasteiger partial charge is 0.303 e. The second kappa shape index (κ2) is 12.6. The third kappa shape index (κ3) is 6.57. The molecule has 1 aliphatic heterocycles. The van der Waals surface area contributed by atoms with E-state index in [1.807, 2.05) is 19.9 Å². The molecule has 9 heteroatoms. The van der Waals surface area contributed by atoms with E-state index in [4.69, 9.17) is 9.47 Å². The number of carbonyl (C=O) groups is 1. The maximum absolute atomic E-state index is 12.1. The first-order chi connectivity index (χ1) is 20.6. The lowest BCUT2D eigenvalue weighted by Gasteiger charge is -2.68. The van der Waals surface area contributed by atoms with Gasteiger partial charge in [0.25, 0.3) is 0 Å². The molecular weight excluding hydrogens is 576 g/mol. The van der Waals surface area contributed by atoms with E-state index < -0.39 is 54.0 Å². The molecule has 3 aliphatic carbocycles. The largest absolute Gasteiger partial charge is 0.481 e. The van der Waals surface area contributed by atoms with Gasteiger partial charge in [-0.2, -0.15) is 0 Å². The van der Waals surface area contributed by atoms with Crippen molar-refractivity contribution in [3.63, 3.8) is 0 Å². The van der Waals surface area contributed by atoms with Gasteiger partial charge in [-0.3, -0.25) is 4.79 Å². The summed E-state index contributed by atoms with van der Waals surface area (Å²) < 4.78 is 12.7. The van der Waals surface area contributed by atoms with Crippen LogP contribution in [-0.2, 0) is 14.3 Å². The van der Waals surface area contributed by atoms with Gasteiger partial charge in [0.2, 0.25) is 0 Å². The molecule has 9 nitrogen and oxygen atoms in total. The molecule has 6 N–H and O–H groups in total. The van der Waals surface area contributed by atoms with Crippen molar-refractivity contribution in [3.8, 4) is 0 Å². The Hall–Kier alpha value is -1.33. The Morgan fingerprint density at radius 3 is 2.22 bits per heavy atom. The van der Waals surface area contributed by atoms with Crippen LogP contribution in [0.3, 0.4) is 0 Å². The van der Waals surface area contributed by atoms with Crippen LogP contribution in [-0.4, -0.2) is 84.6 Å². The summed E-state index contributed by atoms with van der Waals surface area (Å²) in [5.74, 6) is -0.943. The molecule has 0 bridgehead atoms. The summed E-state index contributed by atoms with van der Waals surface area (Å²) in [6.07, 6.45) is 1.91. The number of aliphatic carboxylic acids is 1. The van der Waals surface area contributed by atoms with E-state index in [0.717, 1.165) is 31.3 Å². The lowest BCUT2D eigenvalue weighted by atomic mass is 9.37. The number of fused-ring (bicyclic) bond motifs is 3. The highest BCUT2D eigenvalue weighted by atomic mass is 16.7. The van der Waals surface area contributed by atoms with Crippen molar-refractivity contribution >= 4 is 5.97 Å². The summed E-state index contributed by atoms with van der Waals surface area (Å²) in [5, 5.41) is 64.1. The average Bonchev–Trinajstić information content (AvgIpc) is 3.30. The highest BCUT2D eigenvalue weighted by Crippen LogP contribution is 2.74. The molecule has 1 heterocycles. The van der Waals surface area contributed by atoms with Crippen LogP contribution in [0.15, 0.2) is 24.3 Å². The van der Waals surface area contributed by atoms with Gasteiger partial charge in [0.05, 0.1) is 23.4 Å². The lowest BCUT2D eigenvalue weighted by Crippen LogP contribution is -2.65. The Morgan fingerprint density at radius 1 is 1.02 bits per heavy atom. The summed E-state index contributed by atoms with van der Waals surface area (Å²) in [6, 6.07) is 0. The van der Waals surface area contributed by atoms with Crippen LogP contribution in [0.5, 0.6) is 0 Å². The molecule has 4 rings (SSSR count). The topological polar surface area (TPSA) is 157 Å². The molecule has 258 valence electrons. The molecule has 4 fully saturated rings. The van der Waals surface area contributed by atoms with Crippen molar-refractivity contribution in [1.82, 2.24) is 0 Å². The Labute approximate surface area is 269 Å². The van der Waals surface area contributed by atoms with Crippen LogP contribution in [0, 0.1) is 39.9 Å². The lowest BCUT2D eigenvalue weighted by molar-refractivity contribution is -0.327. The van der Waals surface area contributed by atoms with E-state index in [-0.39, 0.29) is 46.3 Å². The molecule has 0 amide bonds. The van der Waals surface area contributed by atoms with E-state index in [1.165, 1.54) is 0 Å². The van der Waals surface area contributed by atoms with E-state index in [2.05, 4.69) is 27.4 Å². The minimum Gasteiger partial charge on any atom is -0.481 e. The summed E-state index contributed by atoms with van der Waals surface area (Å²) in [5.41, 5.74) is -1.94. The zero-order valence-electron chi connectivity index (χ0n) is 28.7. The van der Waals surface area contributed by atoms with Crippen molar-refractivity contribution in [3.05, 3.63) is 24.3 Å². The van der Waals surface area contributed by atoms with E-state index >= 15 is 0 Å².